The van der Waals surface area contributed by atoms with Crippen molar-refractivity contribution in [1.82, 2.24) is 4.72 Å². The molecule has 10 heteroatoms. The van der Waals surface area contributed by atoms with Crippen molar-refractivity contribution in [2.75, 3.05) is 12.0 Å². The maximum atomic E-state index is 11.9. The van der Waals surface area contributed by atoms with Crippen molar-refractivity contribution in [1.29, 1.82) is 0 Å². The van der Waals surface area contributed by atoms with E-state index in [1.54, 1.807) is 6.26 Å². The largest absolute Gasteiger partial charge is 0.511 e. The standard InChI is InChI=1S/C6H10F3NO4S2/c1-15-3-2-4(5(11)12)10-16(13,14)6(7,8)9/h4,10H,2-3H2,1H3,(H,11,12)/t4-/m1/s1. The normalized spacial score (nSPS) is 14.8. The fraction of sp³-hybridized carbons (Fsp3) is 0.833. The number of carboxylic acid groups (broad SMARTS) is 1. The van der Waals surface area contributed by atoms with E-state index in [0.717, 1.165) is 4.72 Å². The first kappa shape index (κ1) is 15.5. The fourth-order valence-corrected chi connectivity index (χ4v) is 1.92. The van der Waals surface area contributed by atoms with Crippen LogP contribution in [0, 0.1) is 0 Å². The lowest BCUT2D eigenvalue weighted by atomic mass is 10.2. The van der Waals surface area contributed by atoms with Gasteiger partial charge in [0.15, 0.2) is 0 Å². The van der Waals surface area contributed by atoms with Crippen LogP contribution < -0.4 is 4.72 Å². The van der Waals surface area contributed by atoms with Crippen LogP contribution in [0.2, 0.25) is 0 Å². The second-order valence-electron chi connectivity index (χ2n) is 2.74. The molecule has 0 aromatic carbocycles. The lowest BCUT2D eigenvalue weighted by molar-refractivity contribution is -0.139. The monoisotopic (exact) mass is 281 g/mol. The van der Waals surface area contributed by atoms with E-state index in [1.807, 2.05) is 0 Å². The van der Waals surface area contributed by atoms with Crippen LogP contribution in [0.25, 0.3) is 0 Å². The number of sulfonamides is 1. The highest BCUT2D eigenvalue weighted by Gasteiger charge is 2.47. The Kier molecular flexibility index (Phi) is 5.56. The minimum atomic E-state index is -5.61. The topological polar surface area (TPSA) is 83.5 Å². The molecule has 0 bridgehead atoms. The quantitative estimate of drug-likeness (QED) is 0.746. The average Bonchev–Trinajstić information content (AvgIpc) is 2.09. The van der Waals surface area contributed by atoms with E-state index in [-0.39, 0.29) is 12.2 Å². The fourth-order valence-electron chi connectivity index (χ4n) is 0.723. The number of thioether (sulfide) groups is 1. The first-order valence-electron chi connectivity index (χ1n) is 3.92. The summed E-state index contributed by atoms with van der Waals surface area (Å²) in [6, 6.07) is -1.76. The first-order chi connectivity index (χ1) is 7.12. The zero-order chi connectivity index (χ0) is 13.0. The predicted molar refractivity (Wildman–Crippen MR) is 52.5 cm³/mol. The molecular weight excluding hydrogens is 271 g/mol. The van der Waals surface area contributed by atoms with Crippen molar-refractivity contribution >= 4 is 27.8 Å². The molecule has 0 aliphatic carbocycles. The number of nitrogens with one attached hydrogen (secondary N) is 1. The zero-order valence-corrected chi connectivity index (χ0v) is 9.75. The van der Waals surface area contributed by atoms with E-state index in [9.17, 15) is 26.4 Å². The van der Waals surface area contributed by atoms with Gasteiger partial charge in [0.1, 0.15) is 6.04 Å². The molecule has 0 spiro atoms. The molecule has 5 nitrogen and oxygen atoms in total. The van der Waals surface area contributed by atoms with Crippen LogP contribution in [-0.2, 0) is 14.8 Å². The van der Waals surface area contributed by atoms with Crippen molar-refractivity contribution in [3.63, 3.8) is 0 Å². The molecule has 16 heavy (non-hydrogen) atoms. The van der Waals surface area contributed by atoms with E-state index in [4.69, 9.17) is 5.11 Å². The number of hydrogen-bond donors (Lipinski definition) is 2. The van der Waals surface area contributed by atoms with Crippen LogP contribution in [-0.4, -0.2) is 43.1 Å². The second-order valence-corrected chi connectivity index (χ2v) is 5.43. The van der Waals surface area contributed by atoms with Crippen LogP contribution in [0.15, 0.2) is 0 Å². The van der Waals surface area contributed by atoms with Gasteiger partial charge in [0.25, 0.3) is 0 Å². The third-order valence-electron chi connectivity index (χ3n) is 1.51. The highest BCUT2D eigenvalue weighted by Crippen LogP contribution is 2.22. The van der Waals surface area contributed by atoms with Crippen molar-refractivity contribution in [3.8, 4) is 0 Å². The van der Waals surface area contributed by atoms with E-state index in [2.05, 4.69) is 0 Å². The molecule has 96 valence electrons. The van der Waals surface area contributed by atoms with Gasteiger partial charge in [-0.3, -0.25) is 4.79 Å². The third kappa shape index (κ3) is 4.58. The summed E-state index contributed by atoms with van der Waals surface area (Å²) in [5.74, 6) is -1.40. The van der Waals surface area contributed by atoms with Gasteiger partial charge < -0.3 is 5.11 Å². The van der Waals surface area contributed by atoms with E-state index in [1.165, 1.54) is 11.8 Å². The average molecular weight is 281 g/mol. The summed E-state index contributed by atoms with van der Waals surface area (Å²) >= 11 is 1.20. The van der Waals surface area contributed by atoms with E-state index in [0.29, 0.717) is 0 Å². The van der Waals surface area contributed by atoms with Crippen molar-refractivity contribution in [2.24, 2.45) is 0 Å². The SMILES string of the molecule is CSCC[C@@H](NS(=O)(=O)C(F)(F)F)C(=O)O. The van der Waals surface area contributed by atoms with Gasteiger partial charge in [0.05, 0.1) is 0 Å². The molecule has 0 heterocycles. The van der Waals surface area contributed by atoms with Crippen LogP contribution in [0.3, 0.4) is 0 Å². The molecule has 0 unspecified atom stereocenters. The predicted octanol–water partition coefficient (Wildman–Crippen LogP) is 0.632. The maximum absolute atomic E-state index is 11.9. The molecule has 0 saturated carbocycles. The number of hydrogen-bond acceptors (Lipinski definition) is 4. The summed E-state index contributed by atoms with van der Waals surface area (Å²) in [6.45, 7) is 0. The third-order valence-corrected chi connectivity index (χ3v) is 3.36. The van der Waals surface area contributed by atoms with Gasteiger partial charge in [-0.1, -0.05) is 0 Å². The Hall–Kier alpha value is -0.480. The zero-order valence-electron chi connectivity index (χ0n) is 8.11. The molecular formula is C6H10F3NO4S2. The Bertz CT molecular complexity index is 340. The van der Waals surface area contributed by atoms with Crippen LogP contribution in [0.5, 0.6) is 0 Å². The summed E-state index contributed by atoms with van der Waals surface area (Å²) in [5, 5.41) is 8.53. The van der Waals surface area contributed by atoms with Crippen molar-refractivity contribution in [3.05, 3.63) is 0 Å². The van der Waals surface area contributed by atoms with Gasteiger partial charge in [-0.05, 0) is 18.4 Å². The minimum absolute atomic E-state index is 0.216. The van der Waals surface area contributed by atoms with Gasteiger partial charge in [-0.2, -0.15) is 29.7 Å². The maximum Gasteiger partial charge on any atom is 0.511 e. The highest BCUT2D eigenvalue weighted by atomic mass is 32.2. The molecule has 0 aliphatic heterocycles. The molecule has 0 saturated heterocycles. The molecule has 0 rings (SSSR count). The Morgan fingerprint density at radius 2 is 2.00 bits per heavy atom. The Labute approximate surface area is 94.5 Å². The molecule has 0 radical (unpaired) electrons. The Morgan fingerprint density at radius 3 is 2.31 bits per heavy atom. The molecule has 2 N–H and O–H groups in total. The van der Waals surface area contributed by atoms with Crippen LogP contribution in [0.4, 0.5) is 13.2 Å². The molecule has 0 amide bonds. The van der Waals surface area contributed by atoms with Gasteiger partial charge >= 0.3 is 21.5 Å². The molecule has 1 atom stereocenters. The Balaban J connectivity index is 4.71. The second kappa shape index (κ2) is 5.73. The summed E-state index contributed by atoms with van der Waals surface area (Å²) in [7, 11) is -5.61. The van der Waals surface area contributed by atoms with Crippen molar-refractivity contribution < 1.29 is 31.5 Å². The highest BCUT2D eigenvalue weighted by molar-refractivity contribution is 7.98. The number of aliphatic carboxylic acids is 1. The van der Waals surface area contributed by atoms with Gasteiger partial charge in [0.2, 0.25) is 0 Å². The van der Waals surface area contributed by atoms with Crippen LogP contribution in [0.1, 0.15) is 6.42 Å². The summed E-state index contributed by atoms with van der Waals surface area (Å²) in [4.78, 5) is 10.5. The molecule has 0 aromatic heterocycles. The van der Waals surface area contributed by atoms with Gasteiger partial charge in [-0.15, -0.1) is 0 Å². The number of rotatable bonds is 6. The number of alkyl halides is 3. The lowest BCUT2D eigenvalue weighted by Gasteiger charge is -2.15. The van der Waals surface area contributed by atoms with Gasteiger partial charge in [0, 0.05) is 0 Å². The molecule has 0 aliphatic rings. The summed E-state index contributed by atoms with van der Waals surface area (Å²) < 4.78 is 58.1. The lowest BCUT2D eigenvalue weighted by Crippen LogP contribution is -2.46. The number of halogens is 3. The van der Waals surface area contributed by atoms with E-state index >= 15 is 0 Å². The summed E-state index contributed by atoms with van der Waals surface area (Å²) in [5.41, 5.74) is -5.50. The smallest absolute Gasteiger partial charge is 0.480 e. The minimum Gasteiger partial charge on any atom is -0.480 e. The summed E-state index contributed by atoms with van der Waals surface area (Å²) in [6.07, 6.45) is 1.41. The first-order valence-corrected chi connectivity index (χ1v) is 6.80. The van der Waals surface area contributed by atoms with Crippen molar-refractivity contribution in [2.45, 2.75) is 18.0 Å². The van der Waals surface area contributed by atoms with E-state index < -0.39 is 27.5 Å². The molecule has 0 fully saturated rings. The van der Waals surface area contributed by atoms with Crippen LogP contribution >= 0.6 is 11.8 Å². The number of carbonyl (C=O) groups is 1. The molecule has 0 aromatic rings. The van der Waals surface area contributed by atoms with Gasteiger partial charge in [-0.25, -0.2) is 8.42 Å². The number of carboxylic acids is 1. The Morgan fingerprint density at radius 1 is 1.50 bits per heavy atom.